The van der Waals surface area contributed by atoms with Crippen LogP contribution >= 0.6 is 23.8 Å². The van der Waals surface area contributed by atoms with Gasteiger partial charge in [0.15, 0.2) is 5.11 Å². The van der Waals surface area contributed by atoms with Gasteiger partial charge in [-0.15, -0.1) is 10.2 Å². The minimum absolute atomic E-state index is 0.150. The number of anilines is 1. The number of rotatable bonds is 7. The van der Waals surface area contributed by atoms with E-state index in [-0.39, 0.29) is 5.11 Å². The van der Waals surface area contributed by atoms with Crippen LogP contribution in [-0.4, -0.2) is 32.6 Å². The fraction of sp³-hybridized carbons (Fsp3) is 0.103. The molecule has 0 fully saturated rings. The third-order valence-electron chi connectivity index (χ3n) is 5.74. The molecule has 1 amide bonds. The highest BCUT2D eigenvalue weighted by Gasteiger charge is 2.09. The summed E-state index contributed by atoms with van der Waals surface area (Å²) in [5.74, 6) is 1.57. The second kappa shape index (κ2) is 11.5. The Hall–Kier alpha value is -4.47. The van der Waals surface area contributed by atoms with Gasteiger partial charge in [-0.1, -0.05) is 23.7 Å². The van der Waals surface area contributed by atoms with E-state index in [9.17, 15) is 4.79 Å². The van der Waals surface area contributed by atoms with Gasteiger partial charge in [-0.3, -0.25) is 10.1 Å². The molecule has 0 radical (unpaired) electrons. The van der Waals surface area contributed by atoms with Crippen molar-refractivity contribution in [3.63, 3.8) is 0 Å². The van der Waals surface area contributed by atoms with Crippen molar-refractivity contribution in [1.82, 2.24) is 20.3 Å². The van der Waals surface area contributed by atoms with Gasteiger partial charge >= 0.3 is 0 Å². The Balaban J connectivity index is 1.19. The third kappa shape index (κ3) is 6.34. The SMILES string of the molecule is CCOc1ccc(-n2nc3ccc(NC(=S)NC(=O)/C=C/c4ccc(-c5ccc(C)c(Cl)c5)o4)cc3n2)cc1. The van der Waals surface area contributed by atoms with Gasteiger partial charge in [0.2, 0.25) is 5.91 Å². The van der Waals surface area contributed by atoms with E-state index >= 15 is 0 Å². The second-order valence-corrected chi connectivity index (χ2v) is 9.38. The summed E-state index contributed by atoms with van der Waals surface area (Å²) < 4.78 is 11.3. The molecule has 10 heteroatoms. The number of ether oxygens (including phenoxy) is 1. The van der Waals surface area contributed by atoms with Gasteiger partial charge in [0.1, 0.15) is 28.3 Å². The number of halogens is 1. The number of aromatic nitrogens is 3. The normalized spacial score (nSPS) is 11.2. The van der Waals surface area contributed by atoms with E-state index in [2.05, 4.69) is 20.8 Å². The number of nitrogens with zero attached hydrogens (tertiary/aromatic N) is 3. The van der Waals surface area contributed by atoms with Crippen molar-refractivity contribution in [2.24, 2.45) is 0 Å². The molecule has 2 N–H and O–H groups in total. The summed E-state index contributed by atoms with van der Waals surface area (Å²) in [6, 6.07) is 22.3. The number of furan rings is 1. The summed E-state index contributed by atoms with van der Waals surface area (Å²) in [6.45, 7) is 4.48. The first kappa shape index (κ1) is 26.1. The smallest absolute Gasteiger partial charge is 0.250 e. The molecule has 2 aromatic heterocycles. The summed E-state index contributed by atoms with van der Waals surface area (Å²) in [6.07, 6.45) is 2.92. The maximum absolute atomic E-state index is 12.4. The highest BCUT2D eigenvalue weighted by Crippen LogP contribution is 2.27. The van der Waals surface area contributed by atoms with Gasteiger partial charge in [0.05, 0.1) is 12.3 Å². The molecule has 0 saturated heterocycles. The van der Waals surface area contributed by atoms with Crippen LogP contribution in [0.15, 0.2) is 83.3 Å². The third-order valence-corrected chi connectivity index (χ3v) is 6.35. The quantitative estimate of drug-likeness (QED) is 0.173. The lowest BCUT2D eigenvalue weighted by Gasteiger charge is -2.07. The maximum Gasteiger partial charge on any atom is 0.250 e. The number of hydrogen-bond acceptors (Lipinski definition) is 6. The first-order chi connectivity index (χ1) is 18.9. The van der Waals surface area contributed by atoms with E-state index < -0.39 is 5.91 Å². The molecular weight excluding hydrogens is 534 g/mol. The molecule has 0 spiro atoms. The summed E-state index contributed by atoms with van der Waals surface area (Å²) in [5, 5.41) is 15.5. The van der Waals surface area contributed by atoms with Gasteiger partial charge in [-0.25, -0.2) is 0 Å². The zero-order valence-electron chi connectivity index (χ0n) is 21.1. The highest BCUT2D eigenvalue weighted by atomic mass is 35.5. The van der Waals surface area contributed by atoms with Gasteiger partial charge in [-0.2, -0.15) is 4.80 Å². The van der Waals surface area contributed by atoms with Crippen LogP contribution in [-0.2, 0) is 4.79 Å². The first-order valence-corrected chi connectivity index (χ1v) is 12.9. The summed E-state index contributed by atoms with van der Waals surface area (Å²) in [5.41, 5.74) is 4.72. The van der Waals surface area contributed by atoms with Crippen molar-refractivity contribution in [2.45, 2.75) is 13.8 Å². The van der Waals surface area contributed by atoms with E-state index in [0.717, 1.165) is 28.1 Å². The van der Waals surface area contributed by atoms with Crippen LogP contribution < -0.4 is 15.4 Å². The largest absolute Gasteiger partial charge is 0.494 e. The Kier molecular flexibility index (Phi) is 7.72. The van der Waals surface area contributed by atoms with Gasteiger partial charge in [0.25, 0.3) is 0 Å². The minimum Gasteiger partial charge on any atom is -0.494 e. The monoisotopic (exact) mass is 557 g/mol. The van der Waals surface area contributed by atoms with E-state index in [0.29, 0.717) is 34.4 Å². The van der Waals surface area contributed by atoms with E-state index in [4.69, 9.17) is 33.0 Å². The lowest BCUT2D eigenvalue weighted by Crippen LogP contribution is -2.32. The average molecular weight is 558 g/mol. The fourth-order valence-electron chi connectivity index (χ4n) is 3.77. The summed E-state index contributed by atoms with van der Waals surface area (Å²) in [4.78, 5) is 14.0. The van der Waals surface area contributed by atoms with Gasteiger partial charge < -0.3 is 14.5 Å². The molecule has 39 heavy (non-hydrogen) atoms. The van der Waals surface area contributed by atoms with Crippen LogP contribution in [0.3, 0.4) is 0 Å². The lowest BCUT2D eigenvalue weighted by atomic mass is 10.1. The molecule has 0 aliphatic carbocycles. The van der Waals surface area contributed by atoms with Crippen molar-refractivity contribution >= 4 is 57.6 Å². The molecule has 2 heterocycles. The number of fused-ring (bicyclic) bond motifs is 1. The van der Waals surface area contributed by atoms with Crippen LogP contribution in [0.4, 0.5) is 5.69 Å². The number of hydrogen-bond donors (Lipinski definition) is 2. The molecule has 3 aromatic carbocycles. The molecule has 196 valence electrons. The van der Waals surface area contributed by atoms with E-state index in [1.165, 1.54) is 6.08 Å². The highest BCUT2D eigenvalue weighted by molar-refractivity contribution is 7.80. The molecule has 8 nitrogen and oxygen atoms in total. The van der Waals surface area contributed by atoms with E-state index in [1.807, 2.05) is 80.6 Å². The van der Waals surface area contributed by atoms with Crippen molar-refractivity contribution < 1.29 is 13.9 Å². The van der Waals surface area contributed by atoms with Crippen LogP contribution in [0, 0.1) is 6.92 Å². The number of aryl methyl sites for hydroxylation is 1. The van der Waals surface area contributed by atoms with Crippen LogP contribution in [0.2, 0.25) is 5.02 Å². The lowest BCUT2D eigenvalue weighted by molar-refractivity contribution is -0.115. The number of nitrogens with one attached hydrogen (secondary N) is 2. The number of carbonyl (C=O) groups excluding carboxylic acids is 1. The molecule has 5 aromatic rings. The average Bonchev–Trinajstić information content (AvgIpc) is 3.57. The molecule has 0 saturated carbocycles. The van der Waals surface area contributed by atoms with Crippen molar-refractivity contribution in [1.29, 1.82) is 0 Å². The Morgan fingerprint density at radius 1 is 1.05 bits per heavy atom. The zero-order valence-corrected chi connectivity index (χ0v) is 22.7. The Labute approximate surface area is 235 Å². The standard InChI is InChI=1S/C29H24ClN5O3S/c1-3-37-22-9-7-21(8-10-22)35-33-25-13-6-20(17-26(25)34-35)31-29(39)32-28(36)15-12-23-11-14-27(38-23)19-5-4-18(2)24(30)16-19/h4-17H,3H2,1-2H3,(H2,31,32,36,39)/b15-12+. The number of carbonyl (C=O) groups is 1. The molecule has 0 aliphatic heterocycles. The van der Waals surface area contributed by atoms with Crippen LogP contribution in [0.1, 0.15) is 18.2 Å². The molecule has 5 rings (SSSR count). The predicted octanol–water partition coefficient (Wildman–Crippen LogP) is 6.57. The Morgan fingerprint density at radius 2 is 1.85 bits per heavy atom. The molecule has 0 atom stereocenters. The fourth-order valence-corrected chi connectivity index (χ4v) is 4.17. The number of benzene rings is 3. The van der Waals surface area contributed by atoms with Crippen molar-refractivity contribution in [3.05, 3.63) is 95.2 Å². The van der Waals surface area contributed by atoms with Crippen molar-refractivity contribution in [3.8, 4) is 22.8 Å². The van der Waals surface area contributed by atoms with Crippen LogP contribution in [0.25, 0.3) is 34.1 Å². The Morgan fingerprint density at radius 3 is 2.62 bits per heavy atom. The van der Waals surface area contributed by atoms with E-state index in [1.54, 1.807) is 16.9 Å². The van der Waals surface area contributed by atoms with Crippen LogP contribution in [0.5, 0.6) is 5.75 Å². The molecule has 0 bridgehead atoms. The van der Waals surface area contributed by atoms with Gasteiger partial charge in [0, 0.05) is 22.3 Å². The van der Waals surface area contributed by atoms with Crippen molar-refractivity contribution in [2.75, 3.05) is 11.9 Å². The summed E-state index contributed by atoms with van der Waals surface area (Å²) in [7, 11) is 0. The molecule has 0 unspecified atom stereocenters. The minimum atomic E-state index is -0.397. The first-order valence-electron chi connectivity index (χ1n) is 12.1. The second-order valence-electron chi connectivity index (χ2n) is 8.56. The topological polar surface area (TPSA) is 94.2 Å². The molecular formula is C29H24ClN5O3S. The predicted molar refractivity (Wildman–Crippen MR) is 157 cm³/mol. The zero-order chi connectivity index (χ0) is 27.4. The molecule has 0 aliphatic rings. The maximum atomic E-state index is 12.4. The number of thiocarbonyl (C=S) groups is 1. The summed E-state index contributed by atoms with van der Waals surface area (Å²) >= 11 is 11.5. The Bertz CT molecular complexity index is 1690. The van der Waals surface area contributed by atoms with Gasteiger partial charge in [-0.05, 0) is 98.4 Å². The number of amides is 1.